The third-order valence-corrected chi connectivity index (χ3v) is 2.68. The Morgan fingerprint density at radius 1 is 1.38 bits per heavy atom. The highest BCUT2D eigenvalue weighted by Crippen LogP contribution is 2.22. The Hall–Kier alpha value is 0.0200. The van der Waals surface area contributed by atoms with E-state index in [1.807, 2.05) is 30.4 Å². The number of alkyl halides is 1. The van der Waals surface area contributed by atoms with Gasteiger partial charge in [-0.05, 0) is 24.1 Å². The summed E-state index contributed by atoms with van der Waals surface area (Å²) in [4.78, 5) is 0. The van der Waals surface area contributed by atoms with Gasteiger partial charge in [0.15, 0.2) is 0 Å². The summed E-state index contributed by atoms with van der Waals surface area (Å²) in [5.41, 5.74) is 1.12. The summed E-state index contributed by atoms with van der Waals surface area (Å²) < 4.78 is 1.01. The molecule has 0 fully saturated rings. The van der Waals surface area contributed by atoms with Crippen LogP contribution in [-0.4, -0.2) is 5.88 Å². The van der Waals surface area contributed by atoms with Crippen LogP contribution in [0, 0.1) is 0 Å². The Bertz CT molecular complexity index is 308. The molecule has 0 unspecified atom stereocenters. The SMILES string of the molecule is ClCCC=Cc1ccc(Cl)cc1Br. The lowest BCUT2D eigenvalue weighted by molar-refractivity contribution is 1.24. The minimum absolute atomic E-state index is 0.654. The smallest absolute Gasteiger partial charge is 0.0417 e. The Morgan fingerprint density at radius 2 is 2.15 bits per heavy atom. The van der Waals surface area contributed by atoms with E-state index in [1.165, 1.54) is 0 Å². The zero-order valence-corrected chi connectivity index (χ0v) is 10.0. The number of halogens is 3. The Labute approximate surface area is 96.7 Å². The fourth-order valence-electron chi connectivity index (χ4n) is 0.910. The molecule has 1 aromatic rings. The van der Waals surface area contributed by atoms with E-state index in [2.05, 4.69) is 15.9 Å². The van der Waals surface area contributed by atoms with Gasteiger partial charge in [-0.25, -0.2) is 0 Å². The van der Waals surface area contributed by atoms with Gasteiger partial charge in [0.2, 0.25) is 0 Å². The second kappa shape index (κ2) is 5.69. The summed E-state index contributed by atoms with van der Waals surface area (Å²) in [6.07, 6.45) is 4.96. The average Bonchev–Trinajstić information content (AvgIpc) is 2.09. The van der Waals surface area contributed by atoms with E-state index in [0.29, 0.717) is 5.88 Å². The predicted octanol–water partition coefficient (Wildman–Crippen LogP) is 4.74. The van der Waals surface area contributed by atoms with Crippen molar-refractivity contribution in [2.24, 2.45) is 0 Å². The molecule has 0 bridgehead atoms. The molecular weight excluding hydrogens is 271 g/mol. The molecule has 0 saturated carbocycles. The van der Waals surface area contributed by atoms with Crippen molar-refractivity contribution in [2.75, 3.05) is 5.88 Å². The minimum Gasteiger partial charge on any atom is -0.126 e. The lowest BCUT2D eigenvalue weighted by Gasteiger charge is -1.98. The van der Waals surface area contributed by atoms with E-state index in [1.54, 1.807) is 0 Å². The van der Waals surface area contributed by atoms with Crippen LogP contribution in [0.4, 0.5) is 0 Å². The summed E-state index contributed by atoms with van der Waals surface area (Å²) >= 11 is 14.8. The van der Waals surface area contributed by atoms with Crippen molar-refractivity contribution in [1.82, 2.24) is 0 Å². The highest BCUT2D eigenvalue weighted by Gasteiger charge is 1.95. The largest absolute Gasteiger partial charge is 0.126 e. The van der Waals surface area contributed by atoms with Gasteiger partial charge in [0.1, 0.15) is 0 Å². The normalized spacial score (nSPS) is 11.0. The first-order chi connectivity index (χ1) is 6.24. The molecule has 0 spiro atoms. The Kier molecular flexibility index (Phi) is 4.86. The van der Waals surface area contributed by atoms with Gasteiger partial charge in [0.25, 0.3) is 0 Å². The van der Waals surface area contributed by atoms with E-state index >= 15 is 0 Å². The number of benzene rings is 1. The van der Waals surface area contributed by atoms with Crippen LogP contribution in [-0.2, 0) is 0 Å². The van der Waals surface area contributed by atoms with E-state index in [4.69, 9.17) is 23.2 Å². The molecule has 0 radical (unpaired) electrons. The highest BCUT2D eigenvalue weighted by molar-refractivity contribution is 9.10. The van der Waals surface area contributed by atoms with Crippen molar-refractivity contribution in [3.8, 4) is 0 Å². The van der Waals surface area contributed by atoms with Crippen LogP contribution in [0.2, 0.25) is 5.02 Å². The molecule has 0 amide bonds. The summed E-state index contributed by atoms with van der Waals surface area (Å²) in [5.74, 6) is 0.654. The third-order valence-electron chi connectivity index (χ3n) is 1.54. The van der Waals surface area contributed by atoms with Gasteiger partial charge in [-0.1, -0.05) is 45.7 Å². The first kappa shape index (κ1) is 11.1. The molecule has 0 aromatic heterocycles. The highest BCUT2D eigenvalue weighted by atomic mass is 79.9. The van der Waals surface area contributed by atoms with Gasteiger partial charge in [-0.3, -0.25) is 0 Å². The molecule has 70 valence electrons. The van der Waals surface area contributed by atoms with Crippen LogP contribution in [0.1, 0.15) is 12.0 Å². The van der Waals surface area contributed by atoms with Crippen molar-refractivity contribution < 1.29 is 0 Å². The summed E-state index contributed by atoms with van der Waals surface area (Å²) in [6, 6.07) is 5.71. The third kappa shape index (κ3) is 3.72. The van der Waals surface area contributed by atoms with Gasteiger partial charge in [0, 0.05) is 15.4 Å². The second-order valence-electron chi connectivity index (χ2n) is 2.55. The van der Waals surface area contributed by atoms with Crippen molar-refractivity contribution in [3.05, 3.63) is 39.3 Å². The molecule has 0 nitrogen and oxygen atoms in total. The predicted molar refractivity (Wildman–Crippen MR) is 63.5 cm³/mol. The monoisotopic (exact) mass is 278 g/mol. The standard InChI is InChI=1S/C10H9BrCl2/c11-10-7-9(13)5-4-8(10)3-1-2-6-12/h1,3-5,7H,2,6H2. The lowest BCUT2D eigenvalue weighted by Crippen LogP contribution is -1.75. The van der Waals surface area contributed by atoms with E-state index in [0.717, 1.165) is 21.5 Å². The maximum absolute atomic E-state index is 5.80. The molecule has 0 aliphatic rings. The summed E-state index contributed by atoms with van der Waals surface area (Å²) in [7, 11) is 0. The lowest BCUT2D eigenvalue weighted by atomic mass is 10.2. The molecule has 3 heteroatoms. The first-order valence-corrected chi connectivity index (χ1v) is 5.62. The van der Waals surface area contributed by atoms with Crippen LogP contribution in [0.25, 0.3) is 6.08 Å². The molecule has 13 heavy (non-hydrogen) atoms. The van der Waals surface area contributed by atoms with Crippen LogP contribution in [0.5, 0.6) is 0 Å². The fraction of sp³-hybridized carbons (Fsp3) is 0.200. The number of hydrogen-bond donors (Lipinski definition) is 0. The van der Waals surface area contributed by atoms with Gasteiger partial charge >= 0.3 is 0 Å². The molecular formula is C10H9BrCl2. The van der Waals surface area contributed by atoms with Crippen LogP contribution >= 0.6 is 39.1 Å². The van der Waals surface area contributed by atoms with Crippen LogP contribution < -0.4 is 0 Å². The molecule has 0 aliphatic heterocycles. The number of rotatable bonds is 3. The summed E-state index contributed by atoms with van der Waals surface area (Å²) in [6.45, 7) is 0. The molecule has 0 saturated heterocycles. The van der Waals surface area contributed by atoms with Crippen molar-refractivity contribution >= 4 is 45.2 Å². The molecule has 0 N–H and O–H groups in total. The summed E-state index contributed by atoms with van der Waals surface area (Å²) in [5, 5.41) is 0.737. The molecule has 1 aromatic carbocycles. The number of hydrogen-bond acceptors (Lipinski definition) is 0. The molecule has 0 atom stereocenters. The van der Waals surface area contributed by atoms with Gasteiger partial charge in [-0.15, -0.1) is 11.6 Å². The topological polar surface area (TPSA) is 0 Å². The quantitative estimate of drug-likeness (QED) is 0.701. The molecule has 0 aliphatic carbocycles. The Morgan fingerprint density at radius 3 is 2.77 bits per heavy atom. The van der Waals surface area contributed by atoms with Crippen LogP contribution in [0.3, 0.4) is 0 Å². The van der Waals surface area contributed by atoms with E-state index in [-0.39, 0.29) is 0 Å². The van der Waals surface area contributed by atoms with Crippen LogP contribution in [0.15, 0.2) is 28.7 Å². The zero-order valence-electron chi connectivity index (χ0n) is 6.93. The van der Waals surface area contributed by atoms with Gasteiger partial charge in [-0.2, -0.15) is 0 Å². The van der Waals surface area contributed by atoms with E-state index < -0.39 is 0 Å². The maximum atomic E-state index is 5.80. The Balaban J connectivity index is 2.77. The maximum Gasteiger partial charge on any atom is 0.0417 e. The fourth-order valence-corrected chi connectivity index (χ4v) is 1.85. The number of allylic oxidation sites excluding steroid dienone is 1. The van der Waals surface area contributed by atoms with Crippen molar-refractivity contribution in [1.29, 1.82) is 0 Å². The molecule has 1 rings (SSSR count). The second-order valence-corrected chi connectivity index (χ2v) is 4.21. The van der Waals surface area contributed by atoms with Crippen molar-refractivity contribution in [3.63, 3.8) is 0 Å². The van der Waals surface area contributed by atoms with Gasteiger partial charge in [0.05, 0.1) is 0 Å². The van der Waals surface area contributed by atoms with E-state index in [9.17, 15) is 0 Å². The zero-order chi connectivity index (χ0) is 9.68. The average molecular weight is 280 g/mol. The first-order valence-electron chi connectivity index (χ1n) is 3.91. The van der Waals surface area contributed by atoms with Gasteiger partial charge < -0.3 is 0 Å². The minimum atomic E-state index is 0.654. The molecule has 0 heterocycles. The van der Waals surface area contributed by atoms with Crippen molar-refractivity contribution in [2.45, 2.75) is 6.42 Å².